The number of halogens is 1. The highest BCUT2D eigenvalue weighted by atomic mass is 35.5. The maximum Gasteiger partial charge on any atom is 0.408 e. The molecule has 1 heterocycles. The van der Waals surface area contributed by atoms with Gasteiger partial charge in [0, 0.05) is 23.7 Å². The smallest absolute Gasteiger partial charge is 0.408 e. The van der Waals surface area contributed by atoms with Crippen LogP contribution in [-0.4, -0.2) is 32.1 Å². The molecular formula is C24H30ClN3O2. The number of aryl methyl sites for hydroxylation is 1. The standard InChI is InChI=1S/C24H30ClN3O2/c1-24(2)13-12-19-18(15-24)21(25)27-22(26-19)20(14-16-8-4-3-5-9-16)28(23(29)30)17-10-6-7-11-17/h3-5,8-9,17,20H,6-7,10-15H2,1-2H3,(H,29,30). The fraction of sp³-hybridized carbons (Fsp3) is 0.542. The largest absolute Gasteiger partial charge is 0.465 e. The van der Waals surface area contributed by atoms with E-state index in [-0.39, 0.29) is 11.5 Å². The van der Waals surface area contributed by atoms with Crippen molar-refractivity contribution in [2.24, 2.45) is 5.41 Å². The second-order valence-electron chi connectivity index (χ2n) is 9.47. The highest BCUT2D eigenvalue weighted by Crippen LogP contribution is 2.38. The molecule has 1 aromatic heterocycles. The Labute approximate surface area is 183 Å². The maximum atomic E-state index is 12.4. The van der Waals surface area contributed by atoms with E-state index in [4.69, 9.17) is 16.6 Å². The summed E-state index contributed by atoms with van der Waals surface area (Å²) in [6, 6.07) is 9.57. The Morgan fingerprint density at radius 2 is 1.93 bits per heavy atom. The van der Waals surface area contributed by atoms with Gasteiger partial charge >= 0.3 is 6.09 Å². The number of amides is 1. The summed E-state index contributed by atoms with van der Waals surface area (Å²) >= 11 is 6.65. The minimum absolute atomic E-state index is 0.00792. The quantitative estimate of drug-likeness (QED) is 0.607. The summed E-state index contributed by atoms with van der Waals surface area (Å²) in [5.74, 6) is 0.539. The molecule has 1 amide bonds. The van der Waals surface area contributed by atoms with Gasteiger partial charge in [-0.3, -0.25) is 4.90 Å². The zero-order valence-electron chi connectivity index (χ0n) is 17.8. The van der Waals surface area contributed by atoms with Crippen molar-refractivity contribution in [1.29, 1.82) is 0 Å². The molecule has 0 radical (unpaired) electrons. The summed E-state index contributed by atoms with van der Waals surface area (Å²) in [6.07, 6.45) is 6.31. The molecule has 1 saturated carbocycles. The van der Waals surface area contributed by atoms with Crippen molar-refractivity contribution >= 4 is 17.7 Å². The van der Waals surface area contributed by atoms with Crippen LogP contribution in [0.1, 0.15) is 74.6 Å². The van der Waals surface area contributed by atoms with Crippen LogP contribution in [0.5, 0.6) is 0 Å². The fourth-order valence-electron chi connectivity index (χ4n) is 4.95. The van der Waals surface area contributed by atoms with Gasteiger partial charge in [0.2, 0.25) is 0 Å². The van der Waals surface area contributed by atoms with Gasteiger partial charge in [-0.05, 0) is 43.1 Å². The van der Waals surface area contributed by atoms with E-state index in [0.29, 0.717) is 17.4 Å². The van der Waals surface area contributed by atoms with Gasteiger partial charge in [-0.1, -0.05) is 68.6 Å². The van der Waals surface area contributed by atoms with E-state index in [9.17, 15) is 9.90 Å². The molecule has 6 heteroatoms. The minimum atomic E-state index is -0.901. The second kappa shape index (κ2) is 8.54. The first-order valence-corrected chi connectivity index (χ1v) is 11.3. The molecule has 2 aliphatic rings. The molecular weight excluding hydrogens is 398 g/mol. The molecule has 2 aliphatic carbocycles. The van der Waals surface area contributed by atoms with Crippen LogP contribution in [-0.2, 0) is 19.3 Å². The topological polar surface area (TPSA) is 66.3 Å². The monoisotopic (exact) mass is 427 g/mol. The van der Waals surface area contributed by atoms with Crippen LogP contribution in [0.25, 0.3) is 0 Å². The van der Waals surface area contributed by atoms with Crippen molar-refractivity contribution in [3.05, 3.63) is 58.1 Å². The first-order chi connectivity index (χ1) is 14.3. The maximum absolute atomic E-state index is 12.4. The van der Waals surface area contributed by atoms with Crippen LogP contribution in [0.15, 0.2) is 30.3 Å². The molecule has 1 unspecified atom stereocenters. The van der Waals surface area contributed by atoms with Crippen LogP contribution in [0.3, 0.4) is 0 Å². The van der Waals surface area contributed by atoms with E-state index in [0.717, 1.165) is 61.8 Å². The van der Waals surface area contributed by atoms with Gasteiger partial charge in [0.05, 0.1) is 6.04 Å². The molecule has 1 fully saturated rings. The lowest BCUT2D eigenvalue weighted by atomic mass is 9.76. The minimum Gasteiger partial charge on any atom is -0.465 e. The van der Waals surface area contributed by atoms with Gasteiger partial charge in [0.15, 0.2) is 5.82 Å². The Hall–Kier alpha value is -2.14. The normalized spacial score (nSPS) is 19.3. The van der Waals surface area contributed by atoms with E-state index >= 15 is 0 Å². The van der Waals surface area contributed by atoms with Gasteiger partial charge in [-0.25, -0.2) is 14.8 Å². The molecule has 0 saturated heterocycles. The number of aromatic nitrogens is 2. The molecule has 1 atom stereocenters. The summed E-state index contributed by atoms with van der Waals surface area (Å²) in [5.41, 5.74) is 3.27. The lowest BCUT2D eigenvalue weighted by Gasteiger charge is -2.35. The van der Waals surface area contributed by atoms with Crippen molar-refractivity contribution < 1.29 is 9.90 Å². The molecule has 1 aromatic carbocycles. The van der Waals surface area contributed by atoms with Gasteiger partial charge in [-0.15, -0.1) is 0 Å². The SMILES string of the molecule is CC1(C)CCc2nc(C(Cc3ccccc3)N(C(=O)O)C3CCCC3)nc(Cl)c2C1. The van der Waals surface area contributed by atoms with Gasteiger partial charge in [0.1, 0.15) is 5.15 Å². The van der Waals surface area contributed by atoms with E-state index < -0.39 is 12.1 Å². The third-order valence-corrected chi connectivity index (χ3v) is 6.91. The number of benzene rings is 1. The van der Waals surface area contributed by atoms with E-state index in [1.54, 1.807) is 4.90 Å². The third kappa shape index (κ3) is 4.46. The van der Waals surface area contributed by atoms with Gasteiger partial charge < -0.3 is 5.11 Å². The molecule has 1 N–H and O–H groups in total. The molecule has 0 spiro atoms. The number of hydrogen-bond acceptors (Lipinski definition) is 3. The lowest BCUT2D eigenvalue weighted by Crippen LogP contribution is -2.42. The Bertz CT molecular complexity index is 910. The molecule has 2 aromatic rings. The van der Waals surface area contributed by atoms with Crippen molar-refractivity contribution in [3.63, 3.8) is 0 Å². The molecule has 5 nitrogen and oxygen atoms in total. The first-order valence-electron chi connectivity index (χ1n) is 10.9. The predicted molar refractivity (Wildman–Crippen MR) is 118 cm³/mol. The molecule has 30 heavy (non-hydrogen) atoms. The van der Waals surface area contributed by atoms with Crippen molar-refractivity contribution in [1.82, 2.24) is 14.9 Å². The van der Waals surface area contributed by atoms with Crippen LogP contribution >= 0.6 is 11.6 Å². The number of carbonyl (C=O) groups is 1. The number of nitrogens with zero attached hydrogens (tertiary/aromatic N) is 3. The highest BCUT2D eigenvalue weighted by molar-refractivity contribution is 6.30. The third-order valence-electron chi connectivity index (χ3n) is 6.60. The van der Waals surface area contributed by atoms with Crippen molar-refractivity contribution in [2.75, 3.05) is 0 Å². The summed E-state index contributed by atoms with van der Waals surface area (Å²) < 4.78 is 0. The second-order valence-corrected chi connectivity index (χ2v) is 9.83. The van der Waals surface area contributed by atoms with Gasteiger partial charge in [0.25, 0.3) is 0 Å². The van der Waals surface area contributed by atoms with E-state index in [1.165, 1.54) is 0 Å². The number of hydrogen-bond donors (Lipinski definition) is 1. The summed E-state index contributed by atoms with van der Waals surface area (Å²) in [4.78, 5) is 23.6. The fourth-order valence-corrected chi connectivity index (χ4v) is 5.21. The number of fused-ring (bicyclic) bond motifs is 1. The molecule has 4 rings (SSSR count). The van der Waals surface area contributed by atoms with Crippen molar-refractivity contribution in [2.45, 2.75) is 77.3 Å². The average molecular weight is 428 g/mol. The summed E-state index contributed by atoms with van der Waals surface area (Å²) in [7, 11) is 0. The van der Waals surface area contributed by atoms with Crippen molar-refractivity contribution in [3.8, 4) is 0 Å². The van der Waals surface area contributed by atoms with Crippen LogP contribution in [0.2, 0.25) is 5.15 Å². The Morgan fingerprint density at radius 1 is 1.23 bits per heavy atom. The van der Waals surface area contributed by atoms with E-state index in [2.05, 4.69) is 18.8 Å². The Balaban J connectivity index is 1.75. The molecule has 0 aliphatic heterocycles. The van der Waals surface area contributed by atoms with E-state index in [1.807, 2.05) is 30.3 Å². The van der Waals surface area contributed by atoms with Crippen LogP contribution < -0.4 is 0 Å². The molecule has 160 valence electrons. The summed E-state index contributed by atoms with van der Waals surface area (Å²) in [6.45, 7) is 4.48. The Morgan fingerprint density at radius 3 is 2.60 bits per heavy atom. The number of rotatable bonds is 5. The lowest BCUT2D eigenvalue weighted by molar-refractivity contribution is 0.0953. The highest BCUT2D eigenvalue weighted by Gasteiger charge is 2.37. The van der Waals surface area contributed by atoms with Crippen LogP contribution in [0.4, 0.5) is 4.79 Å². The zero-order chi connectivity index (χ0) is 21.3. The predicted octanol–water partition coefficient (Wildman–Crippen LogP) is 5.85. The zero-order valence-corrected chi connectivity index (χ0v) is 18.5. The number of carboxylic acid groups (broad SMARTS) is 1. The first kappa shape index (κ1) is 21.1. The summed E-state index contributed by atoms with van der Waals surface area (Å²) in [5, 5.41) is 10.6. The van der Waals surface area contributed by atoms with Crippen LogP contribution in [0, 0.1) is 5.41 Å². The molecule has 0 bridgehead atoms. The van der Waals surface area contributed by atoms with Gasteiger partial charge in [-0.2, -0.15) is 0 Å². The average Bonchev–Trinajstić information content (AvgIpc) is 3.22. The Kier molecular flexibility index (Phi) is 6.01.